The molecule has 116 valence electrons. The molecule has 1 aromatic heterocycles. The van der Waals surface area contributed by atoms with Crippen molar-refractivity contribution >= 4 is 5.91 Å². The Labute approximate surface area is 125 Å². The van der Waals surface area contributed by atoms with Crippen molar-refractivity contribution in [3.05, 3.63) is 24.2 Å². The average Bonchev–Trinajstić information content (AvgIpc) is 3.09. The zero-order valence-corrected chi connectivity index (χ0v) is 12.9. The maximum atomic E-state index is 12.1. The summed E-state index contributed by atoms with van der Waals surface area (Å²) in [5.74, 6) is 1.10. The number of hydrogen-bond donors (Lipinski definition) is 0. The fourth-order valence-electron chi connectivity index (χ4n) is 3.59. The molecule has 2 aliphatic heterocycles. The third kappa shape index (κ3) is 3.14. The number of ether oxygens (including phenoxy) is 1. The van der Waals surface area contributed by atoms with Gasteiger partial charge in [-0.15, -0.1) is 0 Å². The van der Waals surface area contributed by atoms with E-state index in [0.29, 0.717) is 6.61 Å². The molecule has 0 radical (unpaired) electrons. The van der Waals surface area contributed by atoms with Crippen LogP contribution in [0.1, 0.15) is 25.0 Å². The van der Waals surface area contributed by atoms with Crippen molar-refractivity contribution in [3.63, 3.8) is 0 Å². The fraction of sp³-hybridized carbons (Fsp3) is 0.688. The molecule has 21 heavy (non-hydrogen) atoms. The number of amides is 1. The molecular weight excluding hydrogens is 268 g/mol. The van der Waals surface area contributed by atoms with E-state index in [-0.39, 0.29) is 17.4 Å². The lowest BCUT2D eigenvalue weighted by molar-refractivity contribution is -0.138. The molecule has 2 saturated heterocycles. The Kier molecular flexibility index (Phi) is 4.04. The van der Waals surface area contributed by atoms with Crippen molar-refractivity contribution < 1.29 is 13.9 Å². The Bertz CT molecular complexity index is 486. The van der Waals surface area contributed by atoms with E-state index in [2.05, 4.69) is 4.90 Å². The van der Waals surface area contributed by atoms with Gasteiger partial charge in [0, 0.05) is 26.1 Å². The number of likely N-dealkylation sites (N-methyl/N-ethyl adjacent to an activating group) is 1. The number of furan rings is 1. The zero-order chi connectivity index (χ0) is 14.9. The van der Waals surface area contributed by atoms with Crippen LogP contribution in [0.15, 0.2) is 22.8 Å². The quantitative estimate of drug-likeness (QED) is 0.851. The Morgan fingerprint density at radius 1 is 1.52 bits per heavy atom. The fourth-order valence-corrected chi connectivity index (χ4v) is 3.59. The van der Waals surface area contributed by atoms with Crippen LogP contribution in [0, 0.1) is 5.41 Å². The highest BCUT2D eigenvalue weighted by molar-refractivity contribution is 5.80. The molecule has 3 heterocycles. The van der Waals surface area contributed by atoms with Crippen molar-refractivity contribution in [1.82, 2.24) is 9.80 Å². The lowest BCUT2D eigenvalue weighted by Gasteiger charge is -2.39. The lowest BCUT2D eigenvalue weighted by atomic mass is 9.78. The molecule has 3 rings (SSSR count). The standard InChI is InChI=1S/C16H24N2O3/c1-17(2)15(19)14-9-16(12-21-14)6-4-7-18(11-16)10-13-5-3-8-20-13/h3,5,8,14H,4,6-7,9-12H2,1-2H3/t14-,16+/m0/s1. The van der Waals surface area contributed by atoms with Crippen LogP contribution in [0.3, 0.4) is 0 Å². The molecule has 0 aromatic carbocycles. The van der Waals surface area contributed by atoms with Gasteiger partial charge < -0.3 is 14.1 Å². The van der Waals surface area contributed by atoms with Crippen LogP contribution in [0.4, 0.5) is 0 Å². The molecule has 5 heteroatoms. The van der Waals surface area contributed by atoms with Gasteiger partial charge in [-0.25, -0.2) is 0 Å². The number of carbonyl (C=O) groups is 1. The van der Waals surface area contributed by atoms with Gasteiger partial charge in [0.2, 0.25) is 0 Å². The van der Waals surface area contributed by atoms with Crippen LogP contribution >= 0.6 is 0 Å². The Hall–Kier alpha value is -1.33. The Morgan fingerprint density at radius 2 is 2.38 bits per heavy atom. The number of likely N-dealkylation sites (tertiary alicyclic amines) is 1. The molecule has 5 nitrogen and oxygen atoms in total. The SMILES string of the molecule is CN(C)C(=O)[C@@H]1C[C@@]2(CCCN(Cc3ccco3)C2)CO1. The zero-order valence-electron chi connectivity index (χ0n) is 12.9. The summed E-state index contributed by atoms with van der Waals surface area (Å²) in [6.07, 6.45) is 4.62. The van der Waals surface area contributed by atoms with E-state index in [9.17, 15) is 4.79 Å². The molecule has 2 atom stereocenters. The third-order valence-electron chi connectivity index (χ3n) is 4.63. The van der Waals surface area contributed by atoms with Crippen molar-refractivity contribution in [2.24, 2.45) is 5.41 Å². The van der Waals surface area contributed by atoms with Gasteiger partial charge in [0.15, 0.2) is 0 Å². The molecule has 1 spiro atoms. The topological polar surface area (TPSA) is 45.9 Å². The predicted molar refractivity (Wildman–Crippen MR) is 78.7 cm³/mol. The summed E-state index contributed by atoms with van der Waals surface area (Å²) in [7, 11) is 3.58. The number of carbonyl (C=O) groups excluding carboxylic acids is 1. The molecule has 0 unspecified atom stereocenters. The van der Waals surface area contributed by atoms with Gasteiger partial charge in [-0.05, 0) is 37.9 Å². The molecule has 0 bridgehead atoms. The summed E-state index contributed by atoms with van der Waals surface area (Å²) in [5.41, 5.74) is 0.140. The van der Waals surface area contributed by atoms with E-state index < -0.39 is 0 Å². The summed E-state index contributed by atoms with van der Waals surface area (Å²) in [6, 6.07) is 3.95. The molecule has 2 fully saturated rings. The summed E-state index contributed by atoms with van der Waals surface area (Å²) < 4.78 is 11.3. The van der Waals surface area contributed by atoms with E-state index in [1.54, 1.807) is 25.3 Å². The Morgan fingerprint density at radius 3 is 3.10 bits per heavy atom. The van der Waals surface area contributed by atoms with E-state index in [4.69, 9.17) is 9.15 Å². The number of hydrogen-bond acceptors (Lipinski definition) is 4. The van der Waals surface area contributed by atoms with Crippen LogP contribution in [0.5, 0.6) is 0 Å². The summed E-state index contributed by atoms with van der Waals surface area (Å²) in [6.45, 7) is 3.63. The summed E-state index contributed by atoms with van der Waals surface area (Å²) in [5, 5.41) is 0. The smallest absolute Gasteiger partial charge is 0.251 e. The van der Waals surface area contributed by atoms with E-state index in [1.165, 1.54) is 0 Å². The van der Waals surface area contributed by atoms with Gasteiger partial charge in [-0.2, -0.15) is 0 Å². The van der Waals surface area contributed by atoms with Crippen LogP contribution in [-0.2, 0) is 16.1 Å². The second kappa shape index (κ2) is 5.81. The minimum Gasteiger partial charge on any atom is -0.468 e. The average molecular weight is 292 g/mol. The van der Waals surface area contributed by atoms with Gasteiger partial charge in [0.1, 0.15) is 11.9 Å². The largest absolute Gasteiger partial charge is 0.468 e. The van der Waals surface area contributed by atoms with Crippen LogP contribution in [0.25, 0.3) is 0 Å². The molecule has 0 N–H and O–H groups in total. The monoisotopic (exact) mass is 292 g/mol. The highest BCUT2D eigenvalue weighted by Crippen LogP contribution is 2.41. The van der Waals surface area contributed by atoms with Gasteiger partial charge in [-0.1, -0.05) is 0 Å². The van der Waals surface area contributed by atoms with Gasteiger partial charge in [0.25, 0.3) is 5.91 Å². The van der Waals surface area contributed by atoms with Crippen molar-refractivity contribution in [3.8, 4) is 0 Å². The first-order chi connectivity index (χ1) is 10.1. The third-order valence-corrected chi connectivity index (χ3v) is 4.63. The van der Waals surface area contributed by atoms with Gasteiger partial charge in [0.05, 0.1) is 19.4 Å². The molecule has 0 aliphatic carbocycles. The van der Waals surface area contributed by atoms with Crippen LogP contribution in [-0.4, -0.2) is 55.6 Å². The molecule has 1 aromatic rings. The van der Waals surface area contributed by atoms with Crippen LogP contribution in [0.2, 0.25) is 0 Å². The Balaban J connectivity index is 1.62. The first kappa shape index (κ1) is 14.6. The van der Waals surface area contributed by atoms with E-state index >= 15 is 0 Å². The highest BCUT2D eigenvalue weighted by atomic mass is 16.5. The minimum atomic E-state index is -0.261. The number of piperidine rings is 1. The van der Waals surface area contributed by atoms with Crippen molar-refractivity contribution in [2.45, 2.75) is 31.9 Å². The summed E-state index contributed by atoms with van der Waals surface area (Å²) in [4.78, 5) is 16.1. The highest BCUT2D eigenvalue weighted by Gasteiger charge is 2.45. The number of rotatable bonds is 3. The van der Waals surface area contributed by atoms with E-state index in [0.717, 1.165) is 44.7 Å². The molecule has 1 amide bonds. The molecular formula is C16H24N2O3. The maximum Gasteiger partial charge on any atom is 0.251 e. The molecule has 0 saturated carbocycles. The number of nitrogens with zero attached hydrogens (tertiary/aromatic N) is 2. The van der Waals surface area contributed by atoms with Gasteiger partial charge >= 0.3 is 0 Å². The lowest BCUT2D eigenvalue weighted by Crippen LogP contribution is -2.43. The normalized spacial score (nSPS) is 29.9. The van der Waals surface area contributed by atoms with E-state index in [1.807, 2.05) is 12.1 Å². The second-order valence-electron chi connectivity index (χ2n) is 6.63. The second-order valence-corrected chi connectivity index (χ2v) is 6.63. The van der Waals surface area contributed by atoms with Crippen molar-refractivity contribution in [2.75, 3.05) is 33.8 Å². The molecule has 2 aliphatic rings. The first-order valence-electron chi connectivity index (χ1n) is 7.66. The first-order valence-corrected chi connectivity index (χ1v) is 7.66. The van der Waals surface area contributed by atoms with Crippen LogP contribution < -0.4 is 0 Å². The minimum absolute atomic E-state index is 0.0926. The predicted octanol–water partition coefficient (Wildman–Crippen LogP) is 1.74. The van der Waals surface area contributed by atoms with Gasteiger partial charge in [-0.3, -0.25) is 9.69 Å². The summed E-state index contributed by atoms with van der Waals surface area (Å²) >= 11 is 0. The van der Waals surface area contributed by atoms with Crippen molar-refractivity contribution in [1.29, 1.82) is 0 Å². The maximum absolute atomic E-state index is 12.1.